The van der Waals surface area contributed by atoms with E-state index in [-0.39, 0.29) is 18.4 Å². The first-order valence-electron chi connectivity index (χ1n) is 13.0. The number of hydrogen-bond acceptors (Lipinski definition) is 7. The van der Waals surface area contributed by atoms with Gasteiger partial charge in [-0.3, -0.25) is 4.57 Å². The smallest absolute Gasteiger partial charge is 0.239 e. The Morgan fingerprint density at radius 2 is 1.33 bits per heavy atom. The molecule has 0 spiro atoms. The molecule has 0 fully saturated rings. The van der Waals surface area contributed by atoms with Gasteiger partial charge < -0.3 is 14.4 Å². The van der Waals surface area contributed by atoms with Crippen molar-refractivity contribution in [3.63, 3.8) is 0 Å². The Labute approximate surface area is 228 Å². The number of para-hydroxylation sites is 1. The molecule has 1 N–H and O–H groups in total. The van der Waals surface area contributed by atoms with Gasteiger partial charge in [0.25, 0.3) is 0 Å². The quantitative estimate of drug-likeness (QED) is 0.251. The Hall–Kier alpha value is -4.50. The van der Waals surface area contributed by atoms with Crippen molar-refractivity contribution in [1.82, 2.24) is 29.1 Å². The van der Waals surface area contributed by atoms with Crippen LogP contribution in [0, 0.1) is 0 Å². The Bertz CT molecular complexity index is 1460. The fourth-order valence-electron chi connectivity index (χ4n) is 4.71. The molecule has 5 rings (SSSR count). The van der Waals surface area contributed by atoms with E-state index in [4.69, 9.17) is 24.7 Å². The summed E-state index contributed by atoms with van der Waals surface area (Å²) in [7, 11) is 1.63. The molecule has 0 unspecified atom stereocenters. The number of methoxy groups -OCH3 is 1. The summed E-state index contributed by atoms with van der Waals surface area (Å²) in [6, 6.07) is 17.6. The van der Waals surface area contributed by atoms with Crippen molar-refractivity contribution in [2.45, 2.75) is 46.1 Å². The highest BCUT2D eigenvalue weighted by molar-refractivity contribution is 5.75. The summed E-state index contributed by atoms with van der Waals surface area (Å²) in [6.07, 6.45) is 7.23. The van der Waals surface area contributed by atoms with E-state index < -0.39 is 0 Å². The van der Waals surface area contributed by atoms with E-state index in [0.717, 1.165) is 22.5 Å². The molecule has 200 valence electrons. The maximum absolute atomic E-state index is 9.85. The van der Waals surface area contributed by atoms with Gasteiger partial charge >= 0.3 is 0 Å². The van der Waals surface area contributed by atoms with Gasteiger partial charge in [-0.05, 0) is 53.3 Å². The van der Waals surface area contributed by atoms with E-state index >= 15 is 0 Å². The molecule has 0 atom stereocenters. The van der Waals surface area contributed by atoms with Crippen LogP contribution in [-0.2, 0) is 6.61 Å². The van der Waals surface area contributed by atoms with Crippen LogP contribution >= 0.6 is 0 Å². The number of aliphatic hydroxyl groups is 1. The van der Waals surface area contributed by atoms with Crippen molar-refractivity contribution in [3.8, 4) is 17.5 Å². The summed E-state index contributed by atoms with van der Waals surface area (Å²) in [6.45, 7) is 8.59. The average Bonchev–Trinajstić information content (AvgIpc) is 3.63. The minimum absolute atomic E-state index is 0.104. The lowest BCUT2D eigenvalue weighted by atomic mass is 9.92. The van der Waals surface area contributed by atoms with Crippen LogP contribution in [0.3, 0.4) is 0 Å². The highest BCUT2D eigenvalue weighted by Crippen LogP contribution is 2.41. The second-order valence-corrected chi connectivity index (χ2v) is 9.81. The van der Waals surface area contributed by atoms with Crippen LogP contribution in [0.2, 0.25) is 0 Å². The SMILES string of the molecule is COc1cccn1-c1ccnc(N(c2nccc(-n3cccc3CO)n2)c2c(C(C)C)cccc2C(C)C)n1. The zero-order valence-electron chi connectivity index (χ0n) is 22.9. The number of benzene rings is 1. The molecule has 4 aromatic heterocycles. The van der Waals surface area contributed by atoms with Gasteiger partial charge in [-0.25, -0.2) is 14.9 Å². The molecule has 0 saturated heterocycles. The largest absolute Gasteiger partial charge is 0.482 e. The molecule has 0 aliphatic rings. The maximum Gasteiger partial charge on any atom is 0.239 e. The topological polar surface area (TPSA) is 94.1 Å². The average molecular weight is 524 g/mol. The van der Waals surface area contributed by atoms with Crippen LogP contribution in [-0.4, -0.2) is 41.3 Å². The molecule has 4 heterocycles. The van der Waals surface area contributed by atoms with Crippen LogP contribution in [0.5, 0.6) is 5.88 Å². The first-order valence-corrected chi connectivity index (χ1v) is 13.0. The number of hydrogen-bond donors (Lipinski definition) is 1. The van der Waals surface area contributed by atoms with Gasteiger partial charge in [-0.1, -0.05) is 45.9 Å². The van der Waals surface area contributed by atoms with Gasteiger partial charge in [-0.15, -0.1) is 0 Å². The van der Waals surface area contributed by atoms with Gasteiger partial charge in [0, 0.05) is 36.5 Å². The molecule has 9 nitrogen and oxygen atoms in total. The zero-order chi connectivity index (χ0) is 27.5. The standard InChI is InChI=1S/C30H33N7O2/c1-20(2)23-10-6-11-24(21(3)4)28(23)37(29-31-15-13-25(33-29)35-17-7-9-22(35)19-38)30-32-16-14-26(34-30)36-18-8-12-27(36)39-5/h6-18,20-21,38H,19H2,1-5H3. The summed E-state index contributed by atoms with van der Waals surface area (Å²) >= 11 is 0. The first kappa shape index (κ1) is 26.1. The molecular weight excluding hydrogens is 490 g/mol. The van der Waals surface area contributed by atoms with Crippen LogP contribution in [0.25, 0.3) is 11.6 Å². The summed E-state index contributed by atoms with van der Waals surface area (Å²) in [5, 5.41) is 9.85. The second-order valence-electron chi connectivity index (χ2n) is 9.81. The fourth-order valence-corrected chi connectivity index (χ4v) is 4.71. The van der Waals surface area contributed by atoms with Crippen molar-refractivity contribution in [3.05, 3.63) is 96.2 Å². The first-order chi connectivity index (χ1) is 18.9. The summed E-state index contributed by atoms with van der Waals surface area (Å²) in [5.41, 5.74) is 3.97. The van der Waals surface area contributed by atoms with Crippen molar-refractivity contribution >= 4 is 17.6 Å². The summed E-state index contributed by atoms with van der Waals surface area (Å²) in [4.78, 5) is 21.3. The Morgan fingerprint density at radius 3 is 1.90 bits per heavy atom. The lowest BCUT2D eigenvalue weighted by molar-refractivity contribution is 0.274. The van der Waals surface area contributed by atoms with Crippen LogP contribution in [0.15, 0.2) is 79.4 Å². The lowest BCUT2D eigenvalue weighted by Crippen LogP contribution is -2.21. The highest BCUT2D eigenvalue weighted by Gasteiger charge is 2.27. The second kappa shape index (κ2) is 11.1. The maximum atomic E-state index is 9.85. The fraction of sp³-hybridized carbons (Fsp3) is 0.267. The van der Waals surface area contributed by atoms with Gasteiger partial charge in [-0.2, -0.15) is 9.97 Å². The van der Waals surface area contributed by atoms with E-state index in [1.807, 2.05) is 62.8 Å². The Morgan fingerprint density at radius 1 is 0.769 bits per heavy atom. The van der Waals surface area contributed by atoms with Crippen LogP contribution in [0.4, 0.5) is 17.6 Å². The van der Waals surface area contributed by atoms with Gasteiger partial charge in [0.1, 0.15) is 11.6 Å². The third-order valence-corrected chi connectivity index (χ3v) is 6.63. The number of anilines is 3. The minimum Gasteiger partial charge on any atom is -0.482 e. The predicted molar refractivity (Wildman–Crippen MR) is 152 cm³/mol. The predicted octanol–water partition coefficient (Wildman–Crippen LogP) is 6.07. The number of ether oxygens (including phenoxy) is 1. The molecule has 5 aromatic rings. The normalized spacial score (nSPS) is 11.4. The van der Waals surface area contributed by atoms with Gasteiger partial charge in [0.05, 0.1) is 19.4 Å². The number of rotatable bonds is 9. The molecule has 0 amide bonds. The highest BCUT2D eigenvalue weighted by atomic mass is 16.5. The number of aliphatic hydroxyl groups excluding tert-OH is 1. The molecule has 0 aliphatic carbocycles. The number of aromatic nitrogens is 6. The summed E-state index contributed by atoms with van der Waals surface area (Å²) < 4.78 is 9.25. The Balaban J connectivity index is 1.77. The molecule has 39 heavy (non-hydrogen) atoms. The molecule has 0 aliphatic heterocycles. The van der Waals surface area contributed by atoms with Gasteiger partial charge in [0.2, 0.25) is 11.9 Å². The van der Waals surface area contributed by atoms with E-state index in [1.165, 1.54) is 0 Å². The Kier molecular flexibility index (Phi) is 7.42. The molecule has 9 heteroatoms. The van der Waals surface area contributed by atoms with E-state index in [9.17, 15) is 5.11 Å². The van der Waals surface area contributed by atoms with E-state index in [0.29, 0.717) is 29.4 Å². The molecule has 0 saturated carbocycles. The molecule has 0 bridgehead atoms. The van der Waals surface area contributed by atoms with Crippen LogP contribution < -0.4 is 9.64 Å². The van der Waals surface area contributed by atoms with Crippen LogP contribution in [0.1, 0.15) is 56.4 Å². The van der Waals surface area contributed by atoms with E-state index in [1.54, 1.807) is 19.5 Å². The molecule has 1 aromatic carbocycles. The van der Waals surface area contributed by atoms with Crippen molar-refractivity contribution < 1.29 is 9.84 Å². The third-order valence-electron chi connectivity index (χ3n) is 6.63. The molecule has 0 radical (unpaired) electrons. The van der Waals surface area contributed by atoms with Crippen molar-refractivity contribution in [2.24, 2.45) is 0 Å². The molecular formula is C30H33N7O2. The van der Waals surface area contributed by atoms with Gasteiger partial charge in [0.15, 0.2) is 5.88 Å². The van der Waals surface area contributed by atoms with Crippen molar-refractivity contribution in [1.29, 1.82) is 0 Å². The van der Waals surface area contributed by atoms with E-state index in [2.05, 4.69) is 45.9 Å². The van der Waals surface area contributed by atoms with Crippen molar-refractivity contribution in [2.75, 3.05) is 12.0 Å². The minimum atomic E-state index is -0.104. The summed E-state index contributed by atoms with van der Waals surface area (Å²) in [5.74, 6) is 3.27. The zero-order valence-corrected chi connectivity index (χ0v) is 22.9. The monoisotopic (exact) mass is 523 g/mol. The number of nitrogens with zero attached hydrogens (tertiary/aromatic N) is 7. The lowest BCUT2D eigenvalue weighted by Gasteiger charge is -2.29. The third kappa shape index (κ3) is 5.00.